The summed E-state index contributed by atoms with van der Waals surface area (Å²) in [4.78, 5) is 12.9. The Balaban J connectivity index is 1.87. The fourth-order valence-corrected chi connectivity index (χ4v) is 5.46. The lowest BCUT2D eigenvalue weighted by atomic mass is 9.79. The molecular formula is C19H18N2O4S. The van der Waals surface area contributed by atoms with Gasteiger partial charge in [0.25, 0.3) is 0 Å². The van der Waals surface area contributed by atoms with E-state index >= 15 is 0 Å². The number of fused-ring (bicyclic) bond motifs is 2. The molecule has 0 aliphatic carbocycles. The van der Waals surface area contributed by atoms with Crippen LogP contribution in [-0.2, 0) is 5.41 Å². The van der Waals surface area contributed by atoms with E-state index in [1.54, 1.807) is 23.9 Å². The number of anilines is 1. The number of hydrogen-bond donors (Lipinski definition) is 2. The number of thioether (sulfide) groups is 1. The Bertz CT molecular complexity index is 986. The van der Waals surface area contributed by atoms with Gasteiger partial charge in [0.15, 0.2) is 5.75 Å². The highest BCUT2D eigenvalue weighted by Crippen LogP contribution is 2.61. The normalized spacial score (nSPS) is 22.3. The molecule has 1 atom stereocenters. The van der Waals surface area contributed by atoms with E-state index in [-0.39, 0.29) is 22.6 Å². The van der Waals surface area contributed by atoms with Crippen LogP contribution < -0.4 is 4.90 Å². The van der Waals surface area contributed by atoms with Crippen LogP contribution in [0, 0.1) is 10.1 Å². The number of hydrogen-bond acceptors (Lipinski definition) is 6. The molecule has 2 aliphatic heterocycles. The highest BCUT2D eigenvalue weighted by Gasteiger charge is 2.56. The molecule has 2 aromatic rings. The molecular weight excluding hydrogens is 352 g/mol. The van der Waals surface area contributed by atoms with E-state index < -0.39 is 9.79 Å². The molecule has 2 heterocycles. The quantitative estimate of drug-likeness (QED) is 0.576. The Kier molecular flexibility index (Phi) is 3.34. The second-order valence-corrected chi connectivity index (χ2v) is 8.42. The van der Waals surface area contributed by atoms with Crippen molar-refractivity contribution in [1.82, 2.24) is 0 Å². The Hall–Kier alpha value is -2.67. The summed E-state index contributed by atoms with van der Waals surface area (Å²) in [5, 5.41) is 31.0. The zero-order valence-corrected chi connectivity index (χ0v) is 15.4. The molecule has 0 amide bonds. The maximum atomic E-state index is 11.1. The lowest BCUT2D eigenvalue weighted by molar-refractivity contribution is -0.385. The van der Waals surface area contributed by atoms with Crippen LogP contribution in [0.1, 0.15) is 25.0 Å². The number of nitrogens with zero attached hydrogens (tertiary/aromatic N) is 2. The van der Waals surface area contributed by atoms with E-state index in [1.165, 1.54) is 12.1 Å². The molecule has 26 heavy (non-hydrogen) atoms. The molecule has 0 aromatic heterocycles. The largest absolute Gasteiger partial charge is 0.508 e. The summed E-state index contributed by atoms with van der Waals surface area (Å²) in [5.74, 6) is -0.123. The summed E-state index contributed by atoms with van der Waals surface area (Å²) in [6.07, 6.45) is 3.93. The minimum Gasteiger partial charge on any atom is -0.508 e. The van der Waals surface area contributed by atoms with Crippen molar-refractivity contribution in [3.63, 3.8) is 0 Å². The summed E-state index contributed by atoms with van der Waals surface area (Å²) in [5.41, 5.74) is 2.19. The van der Waals surface area contributed by atoms with Crippen LogP contribution >= 0.6 is 11.8 Å². The first-order chi connectivity index (χ1) is 12.2. The van der Waals surface area contributed by atoms with Gasteiger partial charge in [0.2, 0.25) is 0 Å². The molecule has 2 N–H and O–H groups in total. The minimum atomic E-state index is -0.581. The number of nitro groups is 1. The summed E-state index contributed by atoms with van der Waals surface area (Å²) in [6.45, 7) is 4.28. The third-order valence-corrected chi connectivity index (χ3v) is 7.27. The Morgan fingerprint density at radius 2 is 1.92 bits per heavy atom. The average Bonchev–Trinajstić information content (AvgIpc) is 2.72. The Labute approximate surface area is 154 Å². The van der Waals surface area contributed by atoms with Crippen molar-refractivity contribution in [1.29, 1.82) is 0 Å². The molecule has 2 aliphatic rings. The summed E-state index contributed by atoms with van der Waals surface area (Å²) >= 11 is 1.55. The third kappa shape index (κ3) is 2.00. The van der Waals surface area contributed by atoms with Gasteiger partial charge < -0.3 is 15.1 Å². The van der Waals surface area contributed by atoms with Gasteiger partial charge in [-0.25, -0.2) is 0 Å². The van der Waals surface area contributed by atoms with Crippen LogP contribution in [0.2, 0.25) is 0 Å². The standard InChI is InChI=1S/C19H18N2O4S/c1-18(2)13-5-4-12(22)9-14(13)20(3)19(18)7-6-11-8-15(21(24)25)16(23)10-17(11)26-19/h4-10,22-23H,1-3H3. The number of benzene rings is 2. The molecule has 0 saturated carbocycles. The Morgan fingerprint density at radius 1 is 1.19 bits per heavy atom. The molecule has 1 unspecified atom stereocenters. The van der Waals surface area contributed by atoms with Crippen LogP contribution in [0.15, 0.2) is 41.3 Å². The molecule has 0 bridgehead atoms. The first-order valence-electron chi connectivity index (χ1n) is 8.14. The van der Waals surface area contributed by atoms with Crippen molar-refractivity contribution in [3.8, 4) is 11.5 Å². The molecule has 0 saturated heterocycles. The van der Waals surface area contributed by atoms with E-state index in [9.17, 15) is 20.3 Å². The smallest absolute Gasteiger partial charge is 0.311 e. The molecule has 134 valence electrons. The van der Waals surface area contributed by atoms with Gasteiger partial charge in [-0.05, 0) is 23.3 Å². The van der Waals surface area contributed by atoms with Gasteiger partial charge in [-0.1, -0.05) is 37.8 Å². The van der Waals surface area contributed by atoms with Gasteiger partial charge in [-0.2, -0.15) is 0 Å². The molecule has 0 fully saturated rings. The predicted molar refractivity (Wildman–Crippen MR) is 102 cm³/mol. The number of aromatic hydroxyl groups is 2. The molecule has 7 heteroatoms. The summed E-state index contributed by atoms with van der Waals surface area (Å²) < 4.78 is 0. The fraction of sp³-hybridized carbons (Fsp3) is 0.263. The van der Waals surface area contributed by atoms with Crippen molar-refractivity contribution in [2.45, 2.75) is 29.0 Å². The number of phenols is 2. The van der Waals surface area contributed by atoms with Gasteiger partial charge in [0.1, 0.15) is 10.6 Å². The number of nitro benzene ring substituents is 1. The van der Waals surface area contributed by atoms with E-state index in [0.717, 1.165) is 16.1 Å². The zero-order valence-electron chi connectivity index (χ0n) is 14.6. The van der Waals surface area contributed by atoms with Crippen molar-refractivity contribution >= 4 is 29.2 Å². The van der Waals surface area contributed by atoms with Crippen molar-refractivity contribution in [3.05, 3.63) is 57.6 Å². The SMILES string of the molecule is CN1c2cc(O)ccc2C(C)(C)C12C=Cc1cc([N+](=O)[O-])c(O)cc1S2. The predicted octanol–water partition coefficient (Wildman–Crippen LogP) is 4.25. The molecule has 4 rings (SSSR count). The monoisotopic (exact) mass is 370 g/mol. The Morgan fingerprint density at radius 3 is 2.62 bits per heavy atom. The summed E-state index contributed by atoms with van der Waals surface area (Å²) in [6, 6.07) is 8.25. The molecule has 0 radical (unpaired) electrons. The fourth-order valence-electron chi connectivity index (χ4n) is 3.98. The van der Waals surface area contributed by atoms with Gasteiger partial charge in [-0.15, -0.1) is 0 Å². The van der Waals surface area contributed by atoms with E-state index in [1.807, 2.05) is 19.2 Å². The zero-order chi connectivity index (χ0) is 18.9. The van der Waals surface area contributed by atoms with Crippen molar-refractivity contribution in [2.24, 2.45) is 0 Å². The van der Waals surface area contributed by atoms with Crippen molar-refractivity contribution in [2.75, 3.05) is 11.9 Å². The first-order valence-corrected chi connectivity index (χ1v) is 8.96. The van der Waals surface area contributed by atoms with E-state index in [0.29, 0.717) is 5.56 Å². The van der Waals surface area contributed by atoms with Gasteiger partial charge in [0.05, 0.1) is 4.92 Å². The van der Waals surface area contributed by atoms with Gasteiger partial charge in [0, 0.05) is 41.2 Å². The lowest BCUT2D eigenvalue weighted by Gasteiger charge is -2.45. The molecule has 2 aromatic carbocycles. The van der Waals surface area contributed by atoms with Gasteiger partial charge >= 0.3 is 5.69 Å². The maximum absolute atomic E-state index is 11.1. The maximum Gasteiger partial charge on any atom is 0.311 e. The van der Waals surface area contributed by atoms with Crippen LogP contribution in [-0.4, -0.2) is 27.1 Å². The van der Waals surface area contributed by atoms with Crippen LogP contribution in [0.25, 0.3) is 6.08 Å². The minimum absolute atomic E-state index is 0.210. The lowest BCUT2D eigenvalue weighted by Crippen LogP contribution is -2.50. The van der Waals surface area contributed by atoms with Crippen LogP contribution in [0.3, 0.4) is 0 Å². The average molecular weight is 370 g/mol. The second-order valence-electron chi connectivity index (χ2n) is 7.15. The molecule has 6 nitrogen and oxygen atoms in total. The van der Waals surface area contributed by atoms with Crippen LogP contribution in [0.4, 0.5) is 11.4 Å². The van der Waals surface area contributed by atoms with Crippen molar-refractivity contribution < 1.29 is 15.1 Å². The number of rotatable bonds is 1. The highest BCUT2D eigenvalue weighted by molar-refractivity contribution is 8.01. The topological polar surface area (TPSA) is 86.8 Å². The van der Waals surface area contributed by atoms with Gasteiger partial charge in [-0.3, -0.25) is 10.1 Å². The highest BCUT2D eigenvalue weighted by atomic mass is 32.2. The second kappa shape index (κ2) is 5.17. The van der Waals surface area contributed by atoms with Crippen LogP contribution in [0.5, 0.6) is 11.5 Å². The molecule has 1 spiro atoms. The number of likely N-dealkylation sites (N-methyl/N-ethyl adjacent to an activating group) is 1. The van der Waals surface area contributed by atoms with E-state index in [2.05, 4.69) is 24.8 Å². The third-order valence-electron chi connectivity index (χ3n) is 5.47. The van der Waals surface area contributed by atoms with E-state index in [4.69, 9.17) is 0 Å². The summed E-state index contributed by atoms with van der Waals surface area (Å²) in [7, 11) is 1.97. The number of phenolic OH excluding ortho intramolecular Hbond substituents is 2. The first kappa shape index (κ1) is 16.8.